The fourth-order valence-electron chi connectivity index (χ4n) is 1.93. The molecular formula is C13H17ClFN. The van der Waals surface area contributed by atoms with E-state index in [-0.39, 0.29) is 5.82 Å². The van der Waals surface area contributed by atoms with Crippen molar-refractivity contribution in [1.82, 2.24) is 5.32 Å². The SMILES string of the molecule is CC(CNCc1ccc(F)cc1Cl)C1CC1. The highest BCUT2D eigenvalue weighted by Crippen LogP contribution is 2.36. The first kappa shape index (κ1) is 11.9. The van der Waals surface area contributed by atoms with Crippen LogP contribution < -0.4 is 5.32 Å². The summed E-state index contributed by atoms with van der Waals surface area (Å²) in [5.41, 5.74) is 0.964. The van der Waals surface area contributed by atoms with E-state index in [0.717, 1.165) is 30.5 Å². The van der Waals surface area contributed by atoms with Crippen LogP contribution in [0.2, 0.25) is 5.02 Å². The second-order valence-corrected chi connectivity index (χ2v) is 5.09. The van der Waals surface area contributed by atoms with Crippen molar-refractivity contribution in [2.24, 2.45) is 11.8 Å². The first-order chi connectivity index (χ1) is 7.66. The molecule has 1 aromatic carbocycles. The average molecular weight is 242 g/mol. The summed E-state index contributed by atoms with van der Waals surface area (Å²) in [6, 6.07) is 4.56. The van der Waals surface area contributed by atoms with Gasteiger partial charge in [-0.05, 0) is 48.9 Å². The molecule has 16 heavy (non-hydrogen) atoms. The molecule has 0 heterocycles. The van der Waals surface area contributed by atoms with Gasteiger partial charge in [0, 0.05) is 11.6 Å². The lowest BCUT2D eigenvalue weighted by Gasteiger charge is -2.12. The van der Waals surface area contributed by atoms with Crippen LogP contribution in [0.4, 0.5) is 4.39 Å². The zero-order chi connectivity index (χ0) is 11.5. The summed E-state index contributed by atoms with van der Waals surface area (Å²) in [6.45, 7) is 4.01. The topological polar surface area (TPSA) is 12.0 Å². The van der Waals surface area contributed by atoms with Gasteiger partial charge in [0.25, 0.3) is 0 Å². The first-order valence-electron chi connectivity index (χ1n) is 5.81. The second-order valence-electron chi connectivity index (χ2n) is 4.68. The van der Waals surface area contributed by atoms with Crippen molar-refractivity contribution in [3.63, 3.8) is 0 Å². The summed E-state index contributed by atoms with van der Waals surface area (Å²) in [4.78, 5) is 0. The van der Waals surface area contributed by atoms with Gasteiger partial charge in [-0.3, -0.25) is 0 Å². The minimum Gasteiger partial charge on any atom is -0.312 e. The molecule has 0 bridgehead atoms. The molecule has 1 N–H and O–H groups in total. The fourth-order valence-corrected chi connectivity index (χ4v) is 2.17. The largest absolute Gasteiger partial charge is 0.312 e. The number of hydrogen-bond donors (Lipinski definition) is 1. The lowest BCUT2D eigenvalue weighted by Crippen LogP contribution is -2.22. The van der Waals surface area contributed by atoms with E-state index in [1.165, 1.54) is 25.0 Å². The summed E-state index contributed by atoms with van der Waals surface area (Å²) >= 11 is 5.94. The van der Waals surface area contributed by atoms with Crippen LogP contribution in [-0.4, -0.2) is 6.54 Å². The normalized spacial score (nSPS) is 17.4. The Morgan fingerprint density at radius 3 is 2.88 bits per heavy atom. The molecule has 3 heteroatoms. The average Bonchev–Trinajstić information content (AvgIpc) is 3.04. The third-order valence-corrected chi connectivity index (χ3v) is 3.58. The van der Waals surface area contributed by atoms with E-state index in [9.17, 15) is 4.39 Å². The molecule has 1 saturated carbocycles. The third-order valence-electron chi connectivity index (χ3n) is 3.22. The second kappa shape index (κ2) is 5.15. The van der Waals surface area contributed by atoms with Crippen molar-refractivity contribution < 1.29 is 4.39 Å². The molecule has 1 unspecified atom stereocenters. The monoisotopic (exact) mass is 241 g/mol. The van der Waals surface area contributed by atoms with Crippen molar-refractivity contribution >= 4 is 11.6 Å². The quantitative estimate of drug-likeness (QED) is 0.831. The molecule has 0 aromatic heterocycles. The molecule has 1 fully saturated rings. The van der Waals surface area contributed by atoms with Crippen molar-refractivity contribution in [2.75, 3.05) is 6.54 Å². The van der Waals surface area contributed by atoms with Crippen LogP contribution >= 0.6 is 11.6 Å². The number of nitrogens with one attached hydrogen (secondary N) is 1. The smallest absolute Gasteiger partial charge is 0.124 e. The number of rotatable bonds is 5. The first-order valence-corrected chi connectivity index (χ1v) is 6.19. The van der Waals surface area contributed by atoms with Crippen molar-refractivity contribution in [3.8, 4) is 0 Å². The van der Waals surface area contributed by atoms with Gasteiger partial charge in [-0.15, -0.1) is 0 Å². The number of hydrogen-bond acceptors (Lipinski definition) is 1. The Morgan fingerprint density at radius 2 is 2.25 bits per heavy atom. The van der Waals surface area contributed by atoms with Gasteiger partial charge < -0.3 is 5.32 Å². The van der Waals surface area contributed by atoms with Crippen molar-refractivity contribution in [2.45, 2.75) is 26.3 Å². The summed E-state index contributed by atoms with van der Waals surface area (Å²) in [7, 11) is 0. The Hall–Kier alpha value is -0.600. The van der Waals surface area contributed by atoms with E-state index in [0.29, 0.717) is 5.02 Å². The molecule has 1 aromatic rings. The van der Waals surface area contributed by atoms with Gasteiger partial charge in [-0.2, -0.15) is 0 Å². The highest BCUT2D eigenvalue weighted by Gasteiger charge is 2.27. The van der Waals surface area contributed by atoms with Crippen LogP contribution in [-0.2, 0) is 6.54 Å². The molecule has 1 atom stereocenters. The van der Waals surface area contributed by atoms with Gasteiger partial charge in [0.1, 0.15) is 5.82 Å². The van der Waals surface area contributed by atoms with Crippen LogP contribution in [0, 0.1) is 17.7 Å². The van der Waals surface area contributed by atoms with Crippen LogP contribution in [0.15, 0.2) is 18.2 Å². The van der Waals surface area contributed by atoms with Gasteiger partial charge in [0.15, 0.2) is 0 Å². The minimum absolute atomic E-state index is 0.278. The zero-order valence-electron chi connectivity index (χ0n) is 9.47. The van der Waals surface area contributed by atoms with Crippen LogP contribution in [0.1, 0.15) is 25.3 Å². The maximum atomic E-state index is 12.8. The fraction of sp³-hybridized carbons (Fsp3) is 0.538. The highest BCUT2D eigenvalue weighted by atomic mass is 35.5. The van der Waals surface area contributed by atoms with Gasteiger partial charge in [-0.1, -0.05) is 24.6 Å². The Morgan fingerprint density at radius 1 is 1.50 bits per heavy atom. The van der Waals surface area contributed by atoms with Gasteiger partial charge in [-0.25, -0.2) is 4.39 Å². The molecule has 88 valence electrons. The summed E-state index contributed by atoms with van der Waals surface area (Å²) < 4.78 is 12.8. The highest BCUT2D eigenvalue weighted by molar-refractivity contribution is 6.31. The molecular weight excluding hydrogens is 225 g/mol. The third kappa shape index (κ3) is 3.19. The van der Waals surface area contributed by atoms with Crippen molar-refractivity contribution in [3.05, 3.63) is 34.6 Å². The van der Waals surface area contributed by atoms with E-state index in [1.807, 2.05) is 0 Å². The Kier molecular flexibility index (Phi) is 3.82. The number of benzene rings is 1. The lowest BCUT2D eigenvalue weighted by atomic mass is 10.1. The van der Waals surface area contributed by atoms with Gasteiger partial charge >= 0.3 is 0 Å². The summed E-state index contributed by atoms with van der Waals surface area (Å²) in [5.74, 6) is 1.37. The molecule has 0 aliphatic heterocycles. The molecule has 0 radical (unpaired) electrons. The maximum Gasteiger partial charge on any atom is 0.124 e. The molecule has 0 amide bonds. The standard InChI is InChI=1S/C13H17ClFN/c1-9(10-2-3-10)7-16-8-11-4-5-12(15)6-13(11)14/h4-6,9-10,16H,2-3,7-8H2,1H3. The predicted octanol–water partition coefficient (Wildman–Crippen LogP) is 3.61. The van der Waals surface area contributed by atoms with E-state index in [2.05, 4.69) is 12.2 Å². The molecule has 0 spiro atoms. The molecule has 0 saturated heterocycles. The Bertz CT molecular complexity index is 363. The molecule has 1 aliphatic rings. The Labute approximate surface area is 101 Å². The van der Waals surface area contributed by atoms with Crippen LogP contribution in [0.5, 0.6) is 0 Å². The van der Waals surface area contributed by atoms with E-state index < -0.39 is 0 Å². The lowest BCUT2D eigenvalue weighted by molar-refractivity contribution is 0.461. The predicted molar refractivity (Wildman–Crippen MR) is 65.0 cm³/mol. The molecule has 2 rings (SSSR count). The van der Waals surface area contributed by atoms with E-state index in [1.54, 1.807) is 6.07 Å². The minimum atomic E-state index is -0.278. The molecule has 1 aliphatic carbocycles. The maximum absolute atomic E-state index is 12.8. The van der Waals surface area contributed by atoms with Gasteiger partial charge in [0.2, 0.25) is 0 Å². The van der Waals surface area contributed by atoms with Crippen LogP contribution in [0.3, 0.4) is 0 Å². The summed E-state index contributed by atoms with van der Waals surface area (Å²) in [5, 5.41) is 3.88. The van der Waals surface area contributed by atoms with E-state index in [4.69, 9.17) is 11.6 Å². The summed E-state index contributed by atoms with van der Waals surface area (Å²) in [6.07, 6.45) is 2.75. The molecule has 1 nitrogen and oxygen atoms in total. The Balaban J connectivity index is 1.80. The van der Waals surface area contributed by atoms with Gasteiger partial charge in [0.05, 0.1) is 0 Å². The van der Waals surface area contributed by atoms with Crippen LogP contribution in [0.25, 0.3) is 0 Å². The zero-order valence-corrected chi connectivity index (χ0v) is 10.2. The van der Waals surface area contributed by atoms with E-state index >= 15 is 0 Å². The van der Waals surface area contributed by atoms with Crippen molar-refractivity contribution in [1.29, 1.82) is 0 Å². The number of halogens is 2.